The monoisotopic (exact) mass is 302 g/mol. The fourth-order valence-corrected chi connectivity index (χ4v) is 3.47. The zero-order valence-corrected chi connectivity index (χ0v) is 11.4. The highest BCUT2D eigenvalue weighted by molar-refractivity contribution is 9.10. The Kier molecular flexibility index (Phi) is 4.00. The standard InChI is InChI=1S/C11H15BrN2OS/c12-9-3-6-16-10(9)11(15)14-4-1-8(7-13)2-5-14/h3,6,8H,1-2,4-5,7,13H2. The molecule has 1 aromatic rings. The van der Waals surface area contributed by atoms with Crippen LogP contribution in [0.15, 0.2) is 15.9 Å². The molecule has 1 amide bonds. The van der Waals surface area contributed by atoms with Crippen LogP contribution in [0.3, 0.4) is 0 Å². The average molecular weight is 303 g/mol. The molecule has 0 saturated carbocycles. The molecule has 0 bridgehead atoms. The lowest BCUT2D eigenvalue weighted by molar-refractivity contribution is 0.0697. The molecule has 2 N–H and O–H groups in total. The maximum absolute atomic E-state index is 12.2. The van der Waals surface area contributed by atoms with Gasteiger partial charge in [-0.3, -0.25) is 4.79 Å². The van der Waals surface area contributed by atoms with Crippen molar-refractivity contribution in [2.24, 2.45) is 11.7 Å². The maximum Gasteiger partial charge on any atom is 0.265 e. The first-order valence-electron chi connectivity index (χ1n) is 5.44. The SMILES string of the molecule is NCC1CCN(C(=O)c2sccc2Br)CC1. The van der Waals surface area contributed by atoms with Crippen molar-refractivity contribution in [1.82, 2.24) is 4.90 Å². The van der Waals surface area contributed by atoms with Crippen LogP contribution >= 0.6 is 27.3 Å². The first-order valence-corrected chi connectivity index (χ1v) is 7.12. The van der Waals surface area contributed by atoms with Crippen molar-refractivity contribution in [3.8, 4) is 0 Å². The minimum absolute atomic E-state index is 0.150. The molecule has 16 heavy (non-hydrogen) atoms. The lowest BCUT2D eigenvalue weighted by Gasteiger charge is -2.31. The quantitative estimate of drug-likeness (QED) is 0.911. The molecule has 0 spiro atoms. The summed E-state index contributed by atoms with van der Waals surface area (Å²) >= 11 is 4.90. The Bertz CT molecular complexity index is 372. The number of nitrogens with two attached hydrogens (primary N) is 1. The molecule has 88 valence electrons. The number of rotatable bonds is 2. The summed E-state index contributed by atoms with van der Waals surface area (Å²) in [6.45, 7) is 2.42. The lowest BCUT2D eigenvalue weighted by Crippen LogP contribution is -2.39. The molecule has 1 aliphatic heterocycles. The first kappa shape index (κ1) is 12.1. The number of nitrogens with zero attached hydrogens (tertiary/aromatic N) is 1. The van der Waals surface area contributed by atoms with Crippen LogP contribution in [0.2, 0.25) is 0 Å². The number of hydrogen-bond acceptors (Lipinski definition) is 3. The molecule has 5 heteroatoms. The van der Waals surface area contributed by atoms with Gasteiger partial charge in [0.05, 0.1) is 0 Å². The molecule has 2 heterocycles. The predicted molar refractivity (Wildman–Crippen MR) is 69.7 cm³/mol. The van der Waals surface area contributed by atoms with Crippen molar-refractivity contribution in [1.29, 1.82) is 0 Å². The van der Waals surface area contributed by atoms with Gasteiger partial charge in [0.25, 0.3) is 5.91 Å². The molecule has 1 aliphatic rings. The van der Waals surface area contributed by atoms with Crippen LogP contribution in [-0.2, 0) is 0 Å². The fraction of sp³-hybridized carbons (Fsp3) is 0.545. The van der Waals surface area contributed by atoms with Gasteiger partial charge in [-0.15, -0.1) is 11.3 Å². The molecular formula is C11H15BrN2OS. The number of hydrogen-bond donors (Lipinski definition) is 1. The lowest BCUT2D eigenvalue weighted by atomic mass is 9.97. The Balaban J connectivity index is 2.00. The second kappa shape index (κ2) is 5.29. The summed E-state index contributed by atoms with van der Waals surface area (Å²) in [7, 11) is 0. The van der Waals surface area contributed by atoms with Crippen molar-refractivity contribution < 1.29 is 4.79 Å². The highest BCUT2D eigenvalue weighted by Crippen LogP contribution is 2.26. The smallest absolute Gasteiger partial charge is 0.265 e. The fourth-order valence-electron chi connectivity index (χ4n) is 1.96. The molecule has 1 fully saturated rings. The summed E-state index contributed by atoms with van der Waals surface area (Å²) in [6, 6.07) is 1.92. The van der Waals surface area contributed by atoms with Gasteiger partial charge >= 0.3 is 0 Å². The van der Waals surface area contributed by atoms with Crippen molar-refractivity contribution in [2.75, 3.05) is 19.6 Å². The van der Waals surface area contributed by atoms with Gasteiger partial charge in [0.2, 0.25) is 0 Å². The Hall–Kier alpha value is -0.390. The van der Waals surface area contributed by atoms with Gasteiger partial charge in [-0.05, 0) is 52.7 Å². The summed E-state index contributed by atoms with van der Waals surface area (Å²) in [5.41, 5.74) is 5.63. The third-order valence-electron chi connectivity index (χ3n) is 3.05. The van der Waals surface area contributed by atoms with Crippen LogP contribution in [0, 0.1) is 5.92 Å². The van der Waals surface area contributed by atoms with Crippen molar-refractivity contribution in [2.45, 2.75) is 12.8 Å². The highest BCUT2D eigenvalue weighted by atomic mass is 79.9. The summed E-state index contributed by atoms with van der Waals surface area (Å²) in [4.78, 5) is 14.9. The second-order valence-corrected chi connectivity index (χ2v) is 5.84. The number of carbonyl (C=O) groups is 1. The summed E-state index contributed by atoms with van der Waals surface area (Å²) in [5.74, 6) is 0.744. The molecule has 0 aliphatic carbocycles. The van der Waals surface area contributed by atoms with Gasteiger partial charge in [0.15, 0.2) is 0 Å². The van der Waals surface area contributed by atoms with Gasteiger partial charge in [0.1, 0.15) is 4.88 Å². The van der Waals surface area contributed by atoms with E-state index in [1.807, 2.05) is 16.3 Å². The normalized spacial score (nSPS) is 17.8. The molecule has 1 aromatic heterocycles. The second-order valence-electron chi connectivity index (χ2n) is 4.07. The van der Waals surface area contributed by atoms with Gasteiger partial charge in [-0.1, -0.05) is 0 Å². The minimum Gasteiger partial charge on any atom is -0.338 e. The van der Waals surface area contributed by atoms with E-state index in [-0.39, 0.29) is 5.91 Å². The Morgan fingerprint density at radius 3 is 2.75 bits per heavy atom. The van der Waals surface area contributed by atoms with E-state index in [1.165, 1.54) is 11.3 Å². The minimum atomic E-state index is 0.150. The van der Waals surface area contributed by atoms with Gasteiger partial charge < -0.3 is 10.6 Å². The largest absolute Gasteiger partial charge is 0.338 e. The summed E-state index contributed by atoms with van der Waals surface area (Å²) in [6.07, 6.45) is 2.07. The molecule has 2 rings (SSSR count). The molecule has 0 atom stereocenters. The number of likely N-dealkylation sites (tertiary alicyclic amines) is 1. The predicted octanol–water partition coefficient (Wildman–Crippen LogP) is 2.32. The zero-order chi connectivity index (χ0) is 11.5. The van der Waals surface area contributed by atoms with E-state index < -0.39 is 0 Å². The van der Waals surface area contributed by atoms with Crippen molar-refractivity contribution in [3.05, 3.63) is 20.8 Å². The third kappa shape index (κ3) is 2.47. The van der Waals surface area contributed by atoms with Crippen LogP contribution in [0.4, 0.5) is 0 Å². The summed E-state index contributed by atoms with van der Waals surface area (Å²) in [5, 5.41) is 1.93. The van der Waals surface area contributed by atoms with Crippen molar-refractivity contribution in [3.63, 3.8) is 0 Å². The number of carbonyl (C=O) groups excluding carboxylic acids is 1. The topological polar surface area (TPSA) is 46.3 Å². The molecule has 0 unspecified atom stereocenters. The van der Waals surface area contributed by atoms with Gasteiger partial charge in [-0.2, -0.15) is 0 Å². The Morgan fingerprint density at radius 2 is 2.25 bits per heavy atom. The van der Waals surface area contributed by atoms with E-state index in [4.69, 9.17) is 5.73 Å². The number of thiophene rings is 1. The van der Waals surface area contributed by atoms with Crippen LogP contribution < -0.4 is 5.73 Å². The zero-order valence-electron chi connectivity index (χ0n) is 8.99. The number of halogens is 1. The van der Waals surface area contributed by atoms with E-state index in [9.17, 15) is 4.79 Å². The molecule has 1 saturated heterocycles. The van der Waals surface area contributed by atoms with Crippen LogP contribution in [0.25, 0.3) is 0 Å². The average Bonchev–Trinajstić information content (AvgIpc) is 2.75. The van der Waals surface area contributed by atoms with Gasteiger partial charge in [-0.25, -0.2) is 0 Å². The van der Waals surface area contributed by atoms with E-state index >= 15 is 0 Å². The number of amides is 1. The van der Waals surface area contributed by atoms with Crippen LogP contribution in [0.5, 0.6) is 0 Å². The molecular weight excluding hydrogens is 288 g/mol. The summed E-state index contributed by atoms with van der Waals surface area (Å²) < 4.78 is 0.906. The van der Waals surface area contributed by atoms with Gasteiger partial charge in [0, 0.05) is 17.6 Å². The molecule has 3 nitrogen and oxygen atoms in total. The molecule has 0 radical (unpaired) electrons. The van der Waals surface area contributed by atoms with Crippen LogP contribution in [0.1, 0.15) is 22.5 Å². The number of piperidine rings is 1. The maximum atomic E-state index is 12.2. The van der Waals surface area contributed by atoms with Crippen LogP contribution in [-0.4, -0.2) is 30.4 Å². The first-order chi connectivity index (χ1) is 7.72. The van der Waals surface area contributed by atoms with E-state index in [1.54, 1.807) is 0 Å². The third-order valence-corrected chi connectivity index (χ3v) is 4.87. The van der Waals surface area contributed by atoms with Crippen molar-refractivity contribution >= 4 is 33.2 Å². The van der Waals surface area contributed by atoms with E-state index in [0.29, 0.717) is 5.92 Å². The van der Waals surface area contributed by atoms with E-state index in [2.05, 4.69) is 15.9 Å². The van der Waals surface area contributed by atoms with E-state index in [0.717, 1.165) is 41.8 Å². The highest BCUT2D eigenvalue weighted by Gasteiger charge is 2.24. The Labute approximate surface area is 108 Å². The Morgan fingerprint density at radius 1 is 1.56 bits per heavy atom. The molecule has 0 aromatic carbocycles.